The number of halogens is 2. The minimum absolute atomic E-state index is 0. The molecule has 12 heteroatoms. The molecule has 164 valence electrons. The Hall–Kier alpha value is -2.82. The number of nitrogens with one attached hydrogen (secondary N) is 1. The molecule has 0 unspecified atom stereocenters. The van der Waals surface area contributed by atoms with E-state index in [2.05, 4.69) is 20.3 Å². The van der Waals surface area contributed by atoms with Gasteiger partial charge in [-0.05, 0) is 37.0 Å². The van der Waals surface area contributed by atoms with E-state index in [0.29, 0.717) is 19.7 Å². The molecule has 0 aliphatic carbocycles. The van der Waals surface area contributed by atoms with E-state index in [1.165, 1.54) is 5.56 Å². The second-order valence-electron chi connectivity index (χ2n) is 6.09. The molecule has 1 aromatic carbocycles. The number of rotatable bonds is 9. The van der Waals surface area contributed by atoms with Crippen molar-refractivity contribution in [1.29, 1.82) is 0 Å². The number of unbranched alkanes of at least 4 members (excludes halogenated alkanes) is 1. The Morgan fingerprint density at radius 3 is 2.50 bits per heavy atom. The van der Waals surface area contributed by atoms with E-state index in [1.54, 1.807) is 0 Å². The maximum absolute atomic E-state index is 12.1. The average Bonchev–Trinajstić information content (AvgIpc) is 2.69. The van der Waals surface area contributed by atoms with Gasteiger partial charge in [0.15, 0.2) is 28.4 Å². The summed E-state index contributed by atoms with van der Waals surface area (Å²) in [4.78, 5) is 23.8. The monoisotopic (exact) mass is 456 g/mol. The van der Waals surface area contributed by atoms with E-state index < -0.39 is 5.91 Å². The van der Waals surface area contributed by atoms with E-state index in [0.717, 1.165) is 25.0 Å². The van der Waals surface area contributed by atoms with Crippen LogP contribution < -0.4 is 33.0 Å². The normalized spacial score (nSPS) is 10.9. The SMILES string of the molecule is Cl.NCCOc1ccc(CCCCN=C(N)NC(=O)c2nc(Cl)c(N)nc2N)cc1. The van der Waals surface area contributed by atoms with Crippen LogP contribution in [0.3, 0.4) is 0 Å². The van der Waals surface area contributed by atoms with Crippen molar-refractivity contribution in [3.63, 3.8) is 0 Å². The van der Waals surface area contributed by atoms with Gasteiger partial charge in [-0.1, -0.05) is 23.7 Å². The number of nitrogens with two attached hydrogens (primary N) is 4. The molecule has 9 N–H and O–H groups in total. The van der Waals surface area contributed by atoms with Crippen molar-refractivity contribution in [3.8, 4) is 5.75 Å². The third-order valence-corrected chi connectivity index (χ3v) is 4.11. The number of nitrogen functional groups attached to an aromatic ring is 2. The largest absolute Gasteiger partial charge is 0.492 e. The molecule has 30 heavy (non-hydrogen) atoms. The Kier molecular flexibility index (Phi) is 10.7. The number of hydrogen-bond acceptors (Lipinski definition) is 8. The Balaban J connectivity index is 0.00000450. The van der Waals surface area contributed by atoms with Crippen molar-refractivity contribution in [2.24, 2.45) is 16.5 Å². The Bertz CT molecular complexity index is 862. The van der Waals surface area contributed by atoms with E-state index in [1.807, 2.05) is 24.3 Å². The van der Waals surface area contributed by atoms with Crippen LogP contribution in [-0.4, -0.2) is 41.5 Å². The van der Waals surface area contributed by atoms with Crippen molar-refractivity contribution in [2.45, 2.75) is 19.3 Å². The second kappa shape index (κ2) is 12.7. The number of aromatic nitrogens is 2. The van der Waals surface area contributed by atoms with Gasteiger partial charge < -0.3 is 27.7 Å². The smallest absolute Gasteiger partial charge is 0.280 e. The molecular formula is C18H26Cl2N8O2. The number of benzene rings is 1. The van der Waals surface area contributed by atoms with Gasteiger partial charge in [-0.3, -0.25) is 15.1 Å². The molecule has 0 aliphatic rings. The third-order valence-electron chi connectivity index (χ3n) is 3.83. The van der Waals surface area contributed by atoms with E-state index in [9.17, 15) is 4.79 Å². The number of aliphatic imine (C=N–C) groups is 1. The summed E-state index contributed by atoms with van der Waals surface area (Å²) in [6.07, 6.45) is 2.62. The van der Waals surface area contributed by atoms with Crippen LogP contribution in [0.4, 0.5) is 11.6 Å². The van der Waals surface area contributed by atoms with Gasteiger partial charge in [0, 0.05) is 13.1 Å². The number of hydrogen-bond donors (Lipinski definition) is 5. The highest BCUT2D eigenvalue weighted by Gasteiger charge is 2.16. The van der Waals surface area contributed by atoms with E-state index in [-0.39, 0.29) is 40.8 Å². The summed E-state index contributed by atoms with van der Waals surface area (Å²) >= 11 is 5.76. The first-order valence-corrected chi connectivity index (χ1v) is 9.40. The number of ether oxygens (including phenoxy) is 1. The quantitative estimate of drug-likeness (QED) is 0.211. The van der Waals surface area contributed by atoms with Crippen molar-refractivity contribution < 1.29 is 9.53 Å². The third kappa shape index (κ3) is 7.90. The lowest BCUT2D eigenvalue weighted by atomic mass is 10.1. The number of carbonyl (C=O) groups excluding carboxylic acids is 1. The van der Waals surface area contributed by atoms with Crippen molar-refractivity contribution >= 4 is 47.5 Å². The summed E-state index contributed by atoms with van der Waals surface area (Å²) in [5.41, 5.74) is 23.3. The first-order valence-electron chi connectivity index (χ1n) is 9.02. The van der Waals surface area contributed by atoms with Gasteiger partial charge in [0.05, 0.1) is 0 Å². The maximum atomic E-state index is 12.1. The molecule has 1 amide bonds. The van der Waals surface area contributed by atoms with Crippen molar-refractivity contribution in [3.05, 3.63) is 40.7 Å². The van der Waals surface area contributed by atoms with Crippen LogP contribution >= 0.6 is 24.0 Å². The molecule has 10 nitrogen and oxygen atoms in total. The van der Waals surface area contributed by atoms with E-state index >= 15 is 0 Å². The van der Waals surface area contributed by atoms with Crippen LogP contribution in [0, 0.1) is 0 Å². The average molecular weight is 457 g/mol. The van der Waals surface area contributed by atoms with Gasteiger partial charge in [-0.15, -0.1) is 12.4 Å². The molecule has 2 rings (SSSR count). The predicted octanol–water partition coefficient (Wildman–Crippen LogP) is 1.12. The minimum Gasteiger partial charge on any atom is -0.492 e. The van der Waals surface area contributed by atoms with Gasteiger partial charge in [-0.2, -0.15) is 0 Å². The van der Waals surface area contributed by atoms with Gasteiger partial charge in [0.25, 0.3) is 5.91 Å². The molecular weight excluding hydrogens is 431 g/mol. The first kappa shape index (κ1) is 25.2. The minimum atomic E-state index is -0.657. The van der Waals surface area contributed by atoms with Crippen LogP contribution in [0.2, 0.25) is 5.15 Å². The van der Waals surface area contributed by atoms with Gasteiger partial charge in [0.1, 0.15) is 12.4 Å². The zero-order valence-corrected chi connectivity index (χ0v) is 17.9. The molecule has 0 radical (unpaired) electrons. The number of carbonyl (C=O) groups is 1. The first-order chi connectivity index (χ1) is 13.9. The molecule has 1 aromatic heterocycles. The van der Waals surface area contributed by atoms with Crippen LogP contribution in [0.25, 0.3) is 0 Å². The molecule has 2 aromatic rings. The molecule has 0 aliphatic heterocycles. The fraction of sp³-hybridized carbons (Fsp3) is 0.333. The van der Waals surface area contributed by atoms with Gasteiger partial charge >= 0.3 is 0 Å². The predicted molar refractivity (Wildman–Crippen MR) is 121 cm³/mol. The summed E-state index contributed by atoms with van der Waals surface area (Å²) in [6, 6.07) is 7.89. The highest BCUT2D eigenvalue weighted by atomic mass is 35.5. The highest BCUT2D eigenvalue weighted by molar-refractivity contribution is 6.31. The molecule has 0 saturated heterocycles. The summed E-state index contributed by atoms with van der Waals surface area (Å²) in [5.74, 6) is -0.0857. The number of nitrogens with zero attached hydrogens (tertiary/aromatic N) is 3. The maximum Gasteiger partial charge on any atom is 0.280 e. The lowest BCUT2D eigenvalue weighted by Gasteiger charge is -2.07. The molecule has 0 spiro atoms. The van der Waals surface area contributed by atoms with Gasteiger partial charge in [-0.25, -0.2) is 9.97 Å². The Morgan fingerprint density at radius 1 is 1.13 bits per heavy atom. The number of guanidine groups is 1. The molecule has 0 saturated carbocycles. The summed E-state index contributed by atoms with van der Waals surface area (Å²) in [5, 5.41) is 2.29. The van der Waals surface area contributed by atoms with E-state index in [4.69, 9.17) is 39.3 Å². The topological polar surface area (TPSA) is 181 Å². The van der Waals surface area contributed by atoms with Crippen molar-refractivity contribution in [1.82, 2.24) is 15.3 Å². The zero-order chi connectivity index (χ0) is 21.2. The lowest BCUT2D eigenvalue weighted by Crippen LogP contribution is -2.38. The fourth-order valence-corrected chi connectivity index (χ4v) is 2.52. The number of amides is 1. The number of anilines is 2. The molecule has 0 fully saturated rings. The summed E-state index contributed by atoms with van der Waals surface area (Å²) in [6.45, 7) is 1.45. The summed E-state index contributed by atoms with van der Waals surface area (Å²) < 4.78 is 5.44. The van der Waals surface area contributed by atoms with Gasteiger partial charge in [0.2, 0.25) is 0 Å². The summed E-state index contributed by atoms with van der Waals surface area (Å²) in [7, 11) is 0. The second-order valence-corrected chi connectivity index (χ2v) is 6.45. The Morgan fingerprint density at radius 2 is 1.83 bits per heavy atom. The van der Waals surface area contributed by atoms with Crippen LogP contribution in [-0.2, 0) is 6.42 Å². The molecule has 0 bridgehead atoms. The Labute approximate surface area is 185 Å². The van der Waals surface area contributed by atoms with Crippen LogP contribution in [0.15, 0.2) is 29.3 Å². The standard InChI is InChI=1S/C18H25ClN8O2.ClH/c19-14-16(22)26-15(21)13(25-14)17(28)27-18(23)24-9-2-1-3-11-4-6-12(7-5-11)29-10-8-20;/h4-7H,1-3,8-10,20H2,(H4,21,22,26)(H3,23,24,27,28);1H. The fourth-order valence-electron chi connectivity index (χ4n) is 2.39. The molecule has 0 atom stereocenters. The van der Waals surface area contributed by atoms with Crippen LogP contribution in [0.5, 0.6) is 5.75 Å². The molecule has 1 heterocycles. The van der Waals surface area contributed by atoms with Crippen LogP contribution in [0.1, 0.15) is 28.9 Å². The van der Waals surface area contributed by atoms with Crippen molar-refractivity contribution in [2.75, 3.05) is 31.2 Å². The highest BCUT2D eigenvalue weighted by Crippen LogP contribution is 2.17. The number of aryl methyl sites for hydroxylation is 1. The lowest BCUT2D eigenvalue weighted by molar-refractivity contribution is 0.0972. The zero-order valence-electron chi connectivity index (χ0n) is 16.3.